The molecule has 0 radical (unpaired) electrons. The topological polar surface area (TPSA) is 38.3 Å². The minimum atomic E-state index is -0.406. The Bertz CT molecular complexity index is 410. The Hall–Kier alpha value is -1.58. The Kier molecular flexibility index (Phi) is 4.10. The van der Waals surface area contributed by atoms with E-state index in [9.17, 15) is 9.18 Å². The van der Waals surface area contributed by atoms with E-state index in [0.29, 0.717) is 17.9 Å². The molecule has 0 atom stereocenters. The molecule has 1 rings (SSSR count). The highest BCUT2D eigenvalue weighted by Crippen LogP contribution is 2.26. The number of ether oxygens (including phenoxy) is 1. The summed E-state index contributed by atoms with van der Waals surface area (Å²) in [6.45, 7) is 5.90. The largest absolute Gasteiger partial charge is 0.495 e. The molecule has 0 saturated heterocycles. The Morgan fingerprint density at radius 2 is 2.06 bits per heavy atom. The van der Waals surface area contributed by atoms with Gasteiger partial charge in [0.15, 0.2) is 0 Å². The highest BCUT2D eigenvalue weighted by Gasteiger charge is 2.17. The minimum Gasteiger partial charge on any atom is -0.495 e. The number of methoxy groups -OCH3 is 1. The fourth-order valence-electron chi connectivity index (χ4n) is 1.45. The summed E-state index contributed by atoms with van der Waals surface area (Å²) in [6, 6.07) is 4.03. The highest BCUT2D eigenvalue weighted by molar-refractivity contribution is 5.92. The second-order valence-corrected chi connectivity index (χ2v) is 5.13. The zero-order chi connectivity index (χ0) is 13.1. The van der Waals surface area contributed by atoms with E-state index in [-0.39, 0.29) is 11.3 Å². The Morgan fingerprint density at radius 1 is 1.41 bits per heavy atom. The molecule has 0 aromatic heterocycles. The van der Waals surface area contributed by atoms with Crippen LogP contribution >= 0.6 is 0 Å². The molecule has 0 aliphatic heterocycles. The third kappa shape index (κ3) is 4.43. The summed E-state index contributed by atoms with van der Waals surface area (Å²) in [6.07, 6.45) is 0.368. The van der Waals surface area contributed by atoms with Gasteiger partial charge in [0.25, 0.3) is 0 Å². The van der Waals surface area contributed by atoms with Gasteiger partial charge in [-0.1, -0.05) is 20.8 Å². The Morgan fingerprint density at radius 3 is 2.59 bits per heavy atom. The molecular formula is C13H18FNO2. The van der Waals surface area contributed by atoms with E-state index in [1.54, 1.807) is 0 Å². The third-order valence-electron chi connectivity index (χ3n) is 2.13. The summed E-state index contributed by atoms with van der Waals surface area (Å²) in [5.74, 6) is -0.105. The molecule has 0 unspecified atom stereocenters. The fourth-order valence-corrected chi connectivity index (χ4v) is 1.45. The molecule has 1 N–H and O–H groups in total. The van der Waals surface area contributed by atoms with Crippen molar-refractivity contribution in [3.8, 4) is 5.75 Å². The number of carbonyl (C=O) groups is 1. The predicted octanol–water partition coefficient (Wildman–Crippen LogP) is 3.21. The second kappa shape index (κ2) is 5.17. The number of anilines is 1. The summed E-state index contributed by atoms with van der Waals surface area (Å²) < 4.78 is 18.1. The van der Waals surface area contributed by atoms with Gasteiger partial charge in [0, 0.05) is 12.5 Å². The van der Waals surface area contributed by atoms with Crippen molar-refractivity contribution >= 4 is 11.6 Å². The van der Waals surface area contributed by atoms with Crippen molar-refractivity contribution in [1.82, 2.24) is 0 Å². The molecule has 0 aliphatic rings. The van der Waals surface area contributed by atoms with Gasteiger partial charge in [0.05, 0.1) is 12.8 Å². The zero-order valence-corrected chi connectivity index (χ0v) is 10.6. The van der Waals surface area contributed by atoms with Gasteiger partial charge in [-0.3, -0.25) is 4.79 Å². The first-order valence-electron chi connectivity index (χ1n) is 5.45. The summed E-state index contributed by atoms with van der Waals surface area (Å²) in [5.41, 5.74) is 0.256. The SMILES string of the molecule is COc1ccc(F)cc1NC(=O)CC(C)(C)C. The molecular weight excluding hydrogens is 221 g/mol. The van der Waals surface area contributed by atoms with E-state index >= 15 is 0 Å². The van der Waals surface area contributed by atoms with Crippen LogP contribution in [0.5, 0.6) is 5.75 Å². The molecule has 3 nitrogen and oxygen atoms in total. The Balaban J connectivity index is 2.80. The number of halogens is 1. The molecule has 0 spiro atoms. The lowest BCUT2D eigenvalue weighted by molar-refractivity contribution is -0.117. The average Bonchev–Trinajstić information content (AvgIpc) is 2.14. The summed E-state index contributed by atoms with van der Waals surface area (Å²) in [5, 5.41) is 2.65. The first kappa shape index (κ1) is 13.5. The van der Waals surface area contributed by atoms with E-state index < -0.39 is 5.82 Å². The van der Waals surface area contributed by atoms with Crippen molar-refractivity contribution in [2.45, 2.75) is 27.2 Å². The molecule has 4 heteroatoms. The molecule has 0 saturated carbocycles. The summed E-state index contributed by atoms with van der Waals surface area (Å²) in [7, 11) is 1.48. The van der Waals surface area contributed by atoms with Crippen molar-refractivity contribution in [1.29, 1.82) is 0 Å². The Labute approximate surface area is 101 Å². The maximum absolute atomic E-state index is 13.1. The molecule has 1 amide bonds. The normalized spacial score (nSPS) is 11.1. The number of hydrogen-bond acceptors (Lipinski definition) is 2. The van der Waals surface area contributed by atoms with Crippen LogP contribution in [0.2, 0.25) is 0 Å². The molecule has 0 bridgehead atoms. The maximum Gasteiger partial charge on any atom is 0.225 e. The smallest absolute Gasteiger partial charge is 0.225 e. The standard InChI is InChI=1S/C13H18FNO2/c1-13(2,3)8-12(16)15-10-7-9(14)5-6-11(10)17-4/h5-7H,8H2,1-4H3,(H,15,16). The quantitative estimate of drug-likeness (QED) is 0.879. The number of amides is 1. The lowest BCUT2D eigenvalue weighted by atomic mass is 9.92. The van der Waals surface area contributed by atoms with Crippen LogP contribution in [0.15, 0.2) is 18.2 Å². The first-order valence-corrected chi connectivity index (χ1v) is 5.45. The zero-order valence-electron chi connectivity index (χ0n) is 10.6. The second-order valence-electron chi connectivity index (χ2n) is 5.13. The van der Waals surface area contributed by atoms with Crippen LogP contribution in [-0.2, 0) is 4.79 Å². The van der Waals surface area contributed by atoms with Crippen LogP contribution in [0.3, 0.4) is 0 Å². The number of rotatable bonds is 3. The van der Waals surface area contributed by atoms with Crippen molar-refractivity contribution in [3.63, 3.8) is 0 Å². The molecule has 0 aliphatic carbocycles. The number of carbonyl (C=O) groups excluding carboxylic acids is 1. The predicted molar refractivity (Wildman–Crippen MR) is 65.7 cm³/mol. The van der Waals surface area contributed by atoms with Gasteiger partial charge >= 0.3 is 0 Å². The van der Waals surface area contributed by atoms with Gasteiger partial charge in [-0.05, 0) is 17.5 Å². The van der Waals surface area contributed by atoms with Gasteiger partial charge in [0.2, 0.25) is 5.91 Å². The van der Waals surface area contributed by atoms with E-state index in [1.807, 2.05) is 20.8 Å². The van der Waals surface area contributed by atoms with Gasteiger partial charge in [-0.25, -0.2) is 4.39 Å². The molecule has 17 heavy (non-hydrogen) atoms. The first-order chi connectivity index (χ1) is 7.81. The average molecular weight is 239 g/mol. The van der Waals surface area contributed by atoms with Crippen molar-refractivity contribution < 1.29 is 13.9 Å². The van der Waals surface area contributed by atoms with Crippen molar-refractivity contribution in [3.05, 3.63) is 24.0 Å². The fraction of sp³-hybridized carbons (Fsp3) is 0.462. The van der Waals surface area contributed by atoms with E-state index in [0.717, 1.165) is 0 Å². The van der Waals surface area contributed by atoms with Gasteiger partial charge in [0.1, 0.15) is 11.6 Å². The third-order valence-corrected chi connectivity index (χ3v) is 2.13. The van der Waals surface area contributed by atoms with Gasteiger partial charge < -0.3 is 10.1 Å². The van der Waals surface area contributed by atoms with Crippen LogP contribution in [-0.4, -0.2) is 13.0 Å². The van der Waals surface area contributed by atoms with Crippen LogP contribution in [0.1, 0.15) is 27.2 Å². The summed E-state index contributed by atoms with van der Waals surface area (Å²) in [4.78, 5) is 11.7. The minimum absolute atomic E-state index is 0.107. The number of benzene rings is 1. The van der Waals surface area contributed by atoms with Crippen molar-refractivity contribution in [2.24, 2.45) is 5.41 Å². The molecule has 0 heterocycles. The van der Waals surface area contributed by atoms with Gasteiger partial charge in [-0.2, -0.15) is 0 Å². The molecule has 1 aromatic carbocycles. The van der Waals surface area contributed by atoms with E-state index in [2.05, 4.69) is 5.32 Å². The van der Waals surface area contributed by atoms with Crippen LogP contribution < -0.4 is 10.1 Å². The van der Waals surface area contributed by atoms with Crippen molar-refractivity contribution in [2.75, 3.05) is 12.4 Å². The van der Waals surface area contributed by atoms with Gasteiger partial charge in [-0.15, -0.1) is 0 Å². The molecule has 1 aromatic rings. The number of hydrogen-bond donors (Lipinski definition) is 1. The monoisotopic (exact) mass is 239 g/mol. The van der Waals surface area contributed by atoms with E-state index in [1.165, 1.54) is 25.3 Å². The van der Waals surface area contributed by atoms with Crippen LogP contribution in [0.4, 0.5) is 10.1 Å². The molecule has 94 valence electrons. The maximum atomic E-state index is 13.1. The number of nitrogens with one attached hydrogen (secondary N) is 1. The lowest BCUT2D eigenvalue weighted by Crippen LogP contribution is -2.20. The summed E-state index contributed by atoms with van der Waals surface area (Å²) >= 11 is 0. The van der Waals surface area contributed by atoms with Crippen LogP contribution in [0, 0.1) is 11.2 Å². The lowest BCUT2D eigenvalue weighted by Gasteiger charge is -2.18. The highest BCUT2D eigenvalue weighted by atomic mass is 19.1. The van der Waals surface area contributed by atoms with Crippen LogP contribution in [0.25, 0.3) is 0 Å². The van der Waals surface area contributed by atoms with E-state index in [4.69, 9.17) is 4.74 Å². The molecule has 0 fully saturated rings.